The number of nitrogens with zero attached hydrogens (tertiary/aromatic N) is 1. The fraction of sp³-hybridized carbons (Fsp3) is 0.636. The SMILES string of the molecule is CC1(C)CN(S(=O)(=O)c2cccs2)CCC1O. The molecule has 1 unspecified atom stereocenters. The standard InChI is InChI=1S/C11H17NO3S2/c1-11(2)8-12(6-5-9(11)13)17(14,15)10-4-3-7-16-10/h3-4,7,9,13H,5-6,8H2,1-2H3. The summed E-state index contributed by atoms with van der Waals surface area (Å²) in [7, 11) is -3.37. The van der Waals surface area contributed by atoms with E-state index in [0.29, 0.717) is 23.7 Å². The Hall–Kier alpha value is -0.430. The van der Waals surface area contributed by atoms with Gasteiger partial charge in [0.1, 0.15) is 4.21 Å². The Morgan fingerprint density at radius 2 is 2.24 bits per heavy atom. The van der Waals surface area contributed by atoms with Crippen LogP contribution in [0.15, 0.2) is 21.7 Å². The van der Waals surface area contributed by atoms with E-state index in [1.54, 1.807) is 17.5 Å². The summed E-state index contributed by atoms with van der Waals surface area (Å²) in [6.07, 6.45) is 0.0646. The molecule has 0 bridgehead atoms. The van der Waals surface area contributed by atoms with Crippen molar-refractivity contribution in [2.24, 2.45) is 5.41 Å². The molecule has 2 heterocycles. The van der Waals surface area contributed by atoms with Crippen LogP contribution in [0.1, 0.15) is 20.3 Å². The zero-order valence-corrected chi connectivity index (χ0v) is 11.6. The minimum absolute atomic E-state index is 0.369. The maximum absolute atomic E-state index is 12.3. The average Bonchev–Trinajstić information content (AvgIpc) is 2.75. The molecule has 0 radical (unpaired) electrons. The van der Waals surface area contributed by atoms with E-state index in [2.05, 4.69) is 0 Å². The van der Waals surface area contributed by atoms with Gasteiger partial charge in [-0.3, -0.25) is 0 Å². The van der Waals surface area contributed by atoms with Gasteiger partial charge in [-0.1, -0.05) is 19.9 Å². The first-order valence-corrected chi connectivity index (χ1v) is 7.88. The molecule has 0 amide bonds. The Morgan fingerprint density at radius 3 is 2.76 bits per heavy atom. The largest absolute Gasteiger partial charge is 0.392 e. The molecule has 17 heavy (non-hydrogen) atoms. The Morgan fingerprint density at radius 1 is 1.53 bits per heavy atom. The number of piperidine rings is 1. The van der Waals surface area contributed by atoms with Crippen molar-refractivity contribution >= 4 is 21.4 Å². The van der Waals surface area contributed by atoms with Gasteiger partial charge in [0.15, 0.2) is 0 Å². The van der Waals surface area contributed by atoms with Gasteiger partial charge in [0.2, 0.25) is 0 Å². The molecular formula is C11H17NO3S2. The molecule has 1 atom stereocenters. The fourth-order valence-electron chi connectivity index (χ4n) is 2.04. The maximum Gasteiger partial charge on any atom is 0.252 e. The highest BCUT2D eigenvalue weighted by Crippen LogP contribution is 2.33. The summed E-state index contributed by atoms with van der Waals surface area (Å²) in [6.45, 7) is 4.56. The van der Waals surface area contributed by atoms with Crippen molar-refractivity contribution in [1.29, 1.82) is 0 Å². The molecule has 1 aromatic rings. The van der Waals surface area contributed by atoms with Gasteiger partial charge >= 0.3 is 0 Å². The van der Waals surface area contributed by atoms with Crippen molar-refractivity contribution in [2.45, 2.75) is 30.6 Å². The Balaban J connectivity index is 2.25. The van der Waals surface area contributed by atoms with Gasteiger partial charge < -0.3 is 5.11 Å². The molecule has 4 nitrogen and oxygen atoms in total. The lowest BCUT2D eigenvalue weighted by atomic mass is 9.82. The van der Waals surface area contributed by atoms with E-state index in [4.69, 9.17) is 0 Å². The number of rotatable bonds is 2. The van der Waals surface area contributed by atoms with Gasteiger partial charge in [-0.05, 0) is 17.9 Å². The highest BCUT2D eigenvalue weighted by molar-refractivity contribution is 7.91. The van der Waals surface area contributed by atoms with E-state index in [-0.39, 0.29) is 5.41 Å². The highest BCUT2D eigenvalue weighted by Gasteiger charge is 2.39. The molecule has 1 aliphatic rings. The Labute approximate surface area is 106 Å². The molecule has 6 heteroatoms. The third-order valence-corrected chi connectivity index (χ3v) is 6.45. The summed E-state index contributed by atoms with van der Waals surface area (Å²) in [5, 5.41) is 11.6. The molecule has 1 aliphatic heterocycles. The van der Waals surface area contributed by atoms with Gasteiger partial charge in [-0.25, -0.2) is 8.42 Å². The normalized spacial score (nSPS) is 25.9. The molecule has 96 valence electrons. The average molecular weight is 275 g/mol. The first kappa shape index (κ1) is 13.0. The van der Waals surface area contributed by atoms with Gasteiger partial charge in [0, 0.05) is 18.5 Å². The summed E-state index contributed by atoms with van der Waals surface area (Å²) in [5.41, 5.74) is -0.386. The van der Waals surface area contributed by atoms with E-state index in [1.807, 2.05) is 13.8 Å². The molecule has 1 saturated heterocycles. The lowest BCUT2D eigenvalue weighted by molar-refractivity contribution is -0.000264. The van der Waals surface area contributed by atoms with Crippen LogP contribution in [0, 0.1) is 5.41 Å². The number of aliphatic hydroxyl groups is 1. The zero-order valence-electron chi connectivity index (χ0n) is 9.96. The minimum atomic E-state index is -3.37. The predicted molar refractivity (Wildman–Crippen MR) is 67.5 cm³/mol. The second-order valence-corrected chi connectivity index (χ2v) is 8.18. The Bertz CT molecular complexity index is 479. The predicted octanol–water partition coefficient (Wildman–Crippen LogP) is 1.53. The summed E-state index contributed by atoms with van der Waals surface area (Å²) in [6, 6.07) is 3.36. The van der Waals surface area contributed by atoms with Crippen LogP contribution in [0.25, 0.3) is 0 Å². The zero-order chi connectivity index (χ0) is 12.7. The highest BCUT2D eigenvalue weighted by atomic mass is 32.2. The first-order valence-electron chi connectivity index (χ1n) is 5.56. The summed E-state index contributed by atoms with van der Waals surface area (Å²) in [4.78, 5) is 0. The number of thiophene rings is 1. The molecule has 1 N–H and O–H groups in total. The Kier molecular flexibility index (Phi) is 3.33. The van der Waals surface area contributed by atoms with Crippen LogP contribution >= 0.6 is 11.3 Å². The van der Waals surface area contributed by atoms with Gasteiger partial charge in [0.05, 0.1) is 6.10 Å². The second kappa shape index (κ2) is 4.35. The number of sulfonamides is 1. The summed E-state index contributed by atoms with van der Waals surface area (Å²) < 4.78 is 26.5. The van der Waals surface area contributed by atoms with Crippen molar-refractivity contribution in [1.82, 2.24) is 4.31 Å². The van der Waals surface area contributed by atoms with E-state index in [1.165, 1.54) is 15.6 Å². The van der Waals surface area contributed by atoms with E-state index in [9.17, 15) is 13.5 Å². The van der Waals surface area contributed by atoms with Crippen LogP contribution < -0.4 is 0 Å². The first-order chi connectivity index (χ1) is 7.84. The van der Waals surface area contributed by atoms with Gasteiger partial charge in [0.25, 0.3) is 10.0 Å². The van der Waals surface area contributed by atoms with E-state index < -0.39 is 16.1 Å². The number of aliphatic hydroxyl groups excluding tert-OH is 1. The summed E-state index contributed by atoms with van der Waals surface area (Å²) >= 11 is 1.23. The van der Waals surface area contributed by atoms with Crippen LogP contribution in [0.5, 0.6) is 0 Å². The third-order valence-electron chi connectivity index (χ3n) is 3.23. The second-order valence-electron chi connectivity index (χ2n) is 5.06. The molecule has 2 rings (SSSR count). The minimum Gasteiger partial charge on any atom is -0.392 e. The van der Waals surface area contributed by atoms with Gasteiger partial charge in [-0.15, -0.1) is 11.3 Å². The van der Waals surface area contributed by atoms with Crippen LogP contribution in [0.2, 0.25) is 0 Å². The number of hydrogen-bond donors (Lipinski definition) is 1. The van der Waals surface area contributed by atoms with Crippen LogP contribution in [-0.4, -0.2) is 37.0 Å². The fourth-order valence-corrected chi connectivity index (χ4v) is 4.81. The van der Waals surface area contributed by atoms with Crippen molar-refractivity contribution < 1.29 is 13.5 Å². The maximum atomic E-state index is 12.3. The quantitative estimate of drug-likeness (QED) is 0.890. The lowest BCUT2D eigenvalue weighted by Crippen LogP contribution is -2.50. The topological polar surface area (TPSA) is 57.6 Å². The molecule has 0 saturated carbocycles. The van der Waals surface area contributed by atoms with E-state index >= 15 is 0 Å². The van der Waals surface area contributed by atoms with Crippen LogP contribution in [0.3, 0.4) is 0 Å². The molecular weight excluding hydrogens is 258 g/mol. The van der Waals surface area contributed by atoms with E-state index in [0.717, 1.165) is 0 Å². The van der Waals surface area contributed by atoms with Gasteiger partial charge in [-0.2, -0.15) is 4.31 Å². The molecule has 1 fully saturated rings. The van der Waals surface area contributed by atoms with Crippen molar-refractivity contribution in [3.63, 3.8) is 0 Å². The molecule has 0 spiro atoms. The van der Waals surface area contributed by atoms with Crippen LogP contribution in [0.4, 0.5) is 0 Å². The van der Waals surface area contributed by atoms with Crippen molar-refractivity contribution in [3.05, 3.63) is 17.5 Å². The van der Waals surface area contributed by atoms with Crippen LogP contribution in [-0.2, 0) is 10.0 Å². The molecule has 0 aromatic carbocycles. The summed E-state index contributed by atoms with van der Waals surface area (Å²) in [5.74, 6) is 0. The lowest BCUT2D eigenvalue weighted by Gasteiger charge is -2.40. The van der Waals surface area contributed by atoms with Crippen molar-refractivity contribution in [3.8, 4) is 0 Å². The molecule has 1 aromatic heterocycles. The number of hydrogen-bond acceptors (Lipinski definition) is 4. The third kappa shape index (κ3) is 2.40. The smallest absolute Gasteiger partial charge is 0.252 e. The molecule has 0 aliphatic carbocycles. The monoisotopic (exact) mass is 275 g/mol. The van der Waals surface area contributed by atoms with Crippen molar-refractivity contribution in [2.75, 3.05) is 13.1 Å².